The highest BCUT2D eigenvalue weighted by molar-refractivity contribution is 5.54. The predicted molar refractivity (Wildman–Crippen MR) is 71.7 cm³/mol. The molecule has 1 saturated heterocycles. The first-order valence-electron chi connectivity index (χ1n) is 7.25. The van der Waals surface area contributed by atoms with Gasteiger partial charge in [0, 0.05) is 0 Å². The van der Waals surface area contributed by atoms with Gasteiger partial charge in [-0.2, -0.15) is 13.2 Å². The highest BCUT2D eigenvalue weighted by Crippen LogP contribution is 2.45. The summed E-state index contributed by atoms with van der Waals surface area (Å²) in [6.07, 6.45) is -1.51. The number of ether oxygens (including phenoxy) is 2. The number of halogens is 3. The number of hydrogen-bond acceptors (Lipinski definition) is 3. The summed E-state index contributed by atoms with van der Waals surface area (Å²) in [5, 5.41) is 3.32. The van der Waals surface area contributed by atoms with Gasteiger partial charge in [0.25, 0.3) is 0 Å². The number of alkyl halides is 3. The Morgan fingerprint density at radius 1 is 1.14 bits per heavy atom. The third-order valence-corrected chi connectivity index (χ3v) is 3.98. The second-order valence-electron chi connectivity index (χ2n) is 5.54. The van der Waals surface area contributed by atoms with Gasteiger partial charge in [0.2, 0.25) is 0 Å². The maximum atomic E-state index is 13.0. The van der Waals surface area contributed by atoms with E-state index in [2.05, 4.69) is 5.32 Å². The van der Waals surface area contributed by atoms with E-state index < -0.39 is 11.7 Å². The molecular formula is C15H18F3NO2. The predicted octanol–water partition coefficient (Wildman–Crippen LogP) is 3.02. The van der Waals surface area contributed by atoms with E-state index in [4.69, 9.17) is 9.47 Å². The Labute approximate surface area is 121 Å². The molecule has 2 heterocycles. The van der Waals surface area contributed by atoms with Gasteiger partial charge >= 0.3 is 6.18 Å². The minimum Gasteiger partial charge on any atom is -0.486 e. The molecule has 116 valence electrons. The van der Waals surface area contributed by atoms with E-state index in [1.165, 1.54) is 6.07 Å². The lowest BCUT2D eigenvalue weighted by Crippen LogP contribution is -2.31. The molecule has 0 aliphatic carbocycles. The van der Waals surface area contributed by atoms with Gasteiger partial charge < -0.3 is 14.8 Å². The van der Waals surface area contributed by atoms with E-state index in [1.807, 2.05) is 0 Å². The fourth-order valence-corrected chi connectivity index (χ4v) is 2.99. The van der Waals surface area contributed by atoms with E-state index in [0.29, 0.717) is 12.5 Å². The molecule has 3 nitrogen and oxygen atoms in total. The molecule has 0 bridgehead atoms. The summed E-state index contributed by atoms with van der Waals surface area (Å²) in [4.78, 5) is 0. The van der Waals surface area contributed by atoms with Crippen molar-refractivity contribution < 1.29 is 22.6 Å². The number of piperidine rings is 1. The summed E-state index contributed by atoms with van der Waals surface area (Å²) in [6.45, 7) is 2.37. The van der Waals surface area contributed by atoms with Gasteiger partial charge in [-0.1, -0.05) is 6.07 Å². The number of fused-ring (bicyclic) bond motifs is 1. The van der Waals surface area contributed by atoms with Gasteiger partial charge in [0.05, 0.1) is 0 Å². The van der Waals surface area contributed by atoms with E-state index in [1.54, 1.807) is 0 Å². The normalized spacial score (nSPS) is 22.1. The molecule has 1 atom stereocenters. The molecule has 6 heteroatoms. The smallest absolute Gasteiger partial charge is 0.420 e. The zero-order valence-electron chi connectivity index (χ0n) is 11.6. The fraction of sp³-hybridized carbons (Fsp3) is 0.600. The number of nitrogens with one attached hydrogen (secondary N) is 1. The molecule has 1 aromatic rings. The molecule has 3 rings (SSSR count). The summed E-state index contributed by atoms with van der Waals surface area (Å²) in [6, 6.07) is 2.64. The van der Waals surface area contributed by atoms with Crippen molar-refractivity contribution >= 4 is 0 Å². The van der Waals surface area contributed by atoms with Crippen LogP contribution in [-0.4, -0.2) is 26.3 Å². The van der Waals surface area contributed by atoms with Crippen LogP contribution in [0, 0.1) is 5.92 Å². The average molecular weight is 301 g/mol. The van der Waals surface area contributed by atoms with Crippen LogP contribution in [0.1, 0.15) is 24.0 Å². The van der Waals surface area contributed by atoms with Gasteiger partial charge in [0.1, 0.15) is 18.8 Å². The van der Waals surface area contributed by atoms with Gasteiger partial charge in [0.15, 0.2) is 11.5 Å². The van der Waals surface area contributed by atoms with Crippen LogP contribution < -0.4 is 14.8 Å². The van der Waals surface area contributed by atoms with Gasteiger partial charge in [-0.25, -0.2) is 0 Å². The van der Waals surface area contributed by atoms with Crippen LogP contribution in [-0.2, 0) is 12.6 Å². The lowest BCUT2D eigenvalue weighted by Gasteiger charge is -2.27. The van der Waals surface area contributed by atoms with Crippen molar-refractivity contribution in [3.63, 3.8) is 0 Å². The number of hydrogen-bond donors (Lipinski definition) is 1. The van der Waals surface area contributed by atoms with Crippen LogP contribution in [0.4, 0.5) is 13.2 Å². The fourth-order valence-electron chi connectivity index (χ4n) is 2.99. The molecule has 1 N–H and O–H groups in total. The molecule has 21 heavy (non-hydrogen) atoms. The Balaban J connectivity index is 1.91. The molecule has 2 aliphatic rings. The highest BCUT2D eigenvalue weighted by atomic mass is 19.4. The van der Waals surface area contributed by atoms with Crippen LogP contribution >= 0.6 is 0 Å². The lowest BCUT2D eigenvalue weighted by molar-refractivity contribution is -0.139. The third-order valence-electron chi connectivity index (χ3n) is 3.98. The molecule has 0 radical (unpaired) electrons. The van der Waals surface area contributed by atoms with Crippen molar-refractivity contribution in [2.24, 2.45) is 5.92 Å². The van der Waals surface area contributed by atoms with Crippen LogP contribution in [0.25, 0.3) is 0 Å². The topological polar surface area (TPSA) is 30.5 Å². The van der Waals surface area contributed by atoms with E-state index in [9.17, 15) is 13.2 Å². The van der Waals surface area contributed by atoms with Gasteiger partial charge in [-0.15, -0.1) is 0 Å². The van der Waals surface area contributed by atoms with Crippen molar-refractivity contribution in [2.75, 3.05) is 26.3 Å². The Bertz CT molecular complexity index is 510. The maximum absolute atomic E-state index is 13.0. The first-order chi connectivity index (χ1) is 10.1. The van der Waals surface area contributed by atoms with Crippen molar-refractivity contribution in [1.82, 2.24) is 5.32 Å². The zero-order valence-corrected chi connectivity index (χ0v) is 11.6. The van der Waals surface area contributed by atoms with Crippen LogP contribution in [0.5, 0.6) is 11.5 Å². The summed E-state index contributed by atoms with van der Waals surface area (Å²) in [5.74, 6) is 0.571. The Hall–Kier alpha value is -1.43. The minimum absolute atomic E-state index is 0.144. The van der Waals surface area contributed by atoms with E-state index >= 15 is 0 Å². The largest absolute Gasteiger partial charge is 0.486 e. The van der Waals surface area contributed by atoms with Crippen LogP contribution in [0.2, 0.25) is 0 Å². The second-order valence-corrected chi connectivity index (χ2v) is 5.54. The molecule has 2 aliphatic heterocycles. The summed E-state index contributed by atoms with van der Waals surface area (Å²) >= 11 is 0. The van der Waals surface area contributed by atoms with E-state index in [0.717, 1.165) is 44.0 Å². The monoisotopic (exact) mass is 301 g/mol. The Morgan fingerprint density at radius 3 is 2.57 bits per heavy atom. The summed E-state index contributed by atoms with van der Waals surface area (Å²) in [5.41, 5.74) is 0.0640. The molecule has 1 aromatic carbocycles. The molecule has 0 aromatic heterocycles. The van der Waals surface area contributed by atoms with Crippen molar-refractivity contribution in [3.05, 3.63) is 23.3 Å². The SMILES string of the molecule is FC(F)(F)c1ccc(CC2CCCNC2)c2c1OCCO2. The lowest BCUT2D eigenvalue weighted by atomic mass is 9.91. The highest BCUT2D eigenvalue weighted by Gasteiger charge is 2.37. The van der Waals surface area contributed by atoms with Gasteiger partial charge in [-0.3, -0.25) is 0 Å². The molecule has 1 fully saturated rings. The maximum Gasteiger partial charge on any atom is 0.420 e. The second kappa shape index (κ2) is 5.75. The molecular weight excluding hydrogens is 283 g/mol. The standard InChI is InChI=1S/C15H18F3NO2/c16-15(17,18)12-4-3-11(8-10-2-1-5-19-9-10)13-14(12)21-7-6-20-13/h3-4,10,19H,1-2,5-9H2. The number of rotatable bonds is 2. The molecule has 0 amide bonds. The van der Waals surface area contributed by atoms with E-state index in [-0.39, 0.29) is 18.1 Å². The molecule has 0 saturated carbocycles. The third kappa shape index (κ3) is 3.10. The molecule has 0 spiro atoms. The van der Waals surface area contributed by atoms with Crippen molar-refractivity contribution in [3.8, 4) is 11.5 Å². The molecule has 1 unspecified atom stereocenters. The van der Waals surface area contributed by atoms with Gasteiger partial charge in [-0.05, 0) is 49.9 Å². The average Bonchev–Trinajstić information content (AvgIpc) is 2.47. The first kappa shape index (κ1) is 14.5. The zero-order chi connectivity index (χ0) is 14.9. The van der Waals surface area contributed by atoms with Crippen molar-refractivity contribution in [2.45, 2.75) is 25.4 Å². The summed E-state index contributed by atoms with van der Waals surface area (Å²) < 4.78 is 49.8. The Morgan fingerprint density at radius 2 is 1.90 bits per heavy atom. The van der Waals surface area contributed by atoms with Crippen LogP contribution in [0.3, 0.4) is 0 Å². The summed E-state index contributed by atoms with van der Waals surface area (Å²) in [7, 11) is 0. The first-order valence-corrected chi connectivity index (χ1v) is 7.25. The minimum atomic E-state index is -4.42. The quantitative estimate of drug-likeness (QED) is 0.911. The van der Waals surface area contributed by atoms with Crippen molar-refractivity contribution in [1.29, 1.82) is 0 Å². The van der Waals surface area contributed by atoms with Crippen LogP contribution in [0.15, 0.2) is 12.1 Å². The Kier molecular flexibility index (Phi) is 3.97. The number of benzene rings is 1.